The highest BCUT2D eigenvalue weighted by Gasteiger charge is 2.06. The molecule has 0 amide bonds. The van der Waals surface area contributed by atoms with Crippen molar-refractivity contribution in [1.82, 2.24) is 0 Å². The standard InChI is InChI=1S/C17H19NO/c1-12-7-9-15(10-8-12)17(19)11-18-16-6-4-5-13(2)14(16)3/h4-10,18H,11H2,1-3H3. The van der Waals surface area contributed by atoms with Gasteiger partial charge in [-0.25, -0.2) is 0 Å². The molecule has 2 heteroatoms. The Balaban J connectivity index is 2.04. The number of benzene rings is 2. The van der Waals surface area contributed by atoms with Gasteiger partial charge in [0.2, 0.25) is 0 Å². The van der Waals surface area contributed by atoms with Gasteiger partial charge >= 0.3 is 0 Å². The molecule has 2 aromatic carbocycles. The molecule has 0 aliphatic heterocycles. The Morgan fingerprint density at radius 3 is 2.37 bits per heavy atom. The second-order valence-electron chi connectivity index (χ2n) is 4.89. The predicted octanol–water partition coefficient (Wildman–Crippen LogP) is 3.91. The van der Waals surface area contributed by atoms with Gasteiger partial charge < -0.3 is 5.32 Å². The zero-order valence-electron chi connectivity index (χ0n) is 11.7. The second kappa shape index (κ2) is 5.70. The molecule has 2 nitrogen and oxygen atoms in total. The summed E-state index contributed by atoms with van der Waals surface area (Å²) in [5.41, 5.74) is 5.37. The molecule has 0 aliphatic carbocycles. The Morgan fingerprint density at radius 2 is 1.68 bits per heavy atom. The third kappa shape index (κ3) is 3.22. The minimum Gasteiger partial charge on any atom is -0.377 e. The molecule has 0 spiro atoms. The van der Waals surface area contributed by atoms with Crippen LogP contribution in [0.3, 0.4) is 0 Å². The fraction of sp³-hybridized carbons (Fsp3) is 0.235. The topological polar surface area (TPSA) is 29.1 Å². The number of hydrogen-bond acceptors (Lipinski definition) is 2. The van der Waals surface area contributed by atoms with Gasteiger partial charge in [-0.05, 0) is 38.0 Å². The van der Waals surface area contributed by atoms with E-state index in [4.69, 9.17) is 0 Å². The van der Waals surface area contributed by atoms with Crippen molar-refractivity contribution in [2.24, 2.45) is 0 Å². The third-order valence-electron chi connectivity index (χ3n) is 3.42. The van der Waals surface area contributed by atoms with E-state index in [1.807, 2.05) is 43.3 Å². The Morgan fingerprint density at radius 1 is 1.00 bits per heavy atom. The summed E-state index contributed by atoms with van der Waals surface area (Å²) in [6.07, 6.45) is 0. The maximum Gasteiger partial charge on any atom is 0.181 e. The van der Waals surface area contributed by atoms with Crippen molar-refractivity contribution in [1.29, 1.82) is 0 Å². The summed E-state index contributed by atoms with van der Waals surface area (Å²) in [5.74, 6) is 0.112. The SMILES string of the molecule is Cc1ccc(C(=O)CNc2cccc(C)c2C)cc1. The number of carbonyl (C=O) groups is 1. The highest BCUT2D eigenvalue weighted by Crippen LogP contribution is 2.17. The van der Waals surface area contributed by atoms with Crippen molar-refractivity contribution in [2.75, 3.05) is 11.9 Å². The van der Waals surface area contributed by atoms with E-state index in [1.165, 1.54) is 16.7 Å². The first-order chi connectivity index (χ1) is 9.08. The van der Waals surface area contributed by atoms with Gasteiger partial charge in [-0.3, -0.25) is 4.79 Å². The number of nitrogens with one attached hydrogen (secondary N) is 1. The van der Waals surface area contributed by atoms with Gasteiger partial charge in [0.15, 0.2) is 5.78 Å². The van der Waals surface area contributed by atoms with Gasteiger partial charge in [-0.15, -0.1) is 0 Å². The Kier molecular flexibility index (Phi) is 4.00. The number of rotatable bonds is 4. The molecule has 0 aromatic heterocycles. The molecule has 0 bridgehead atoms. The van der Waals surface area contributed by atoms with Gasteiger partial charge in [-0.2, -0.15) is 0 Å². The average Bonchev–Trinajstić information content (AvgIpc) is 2.41. The lowest BCUT2D eigenvalue weighted by Crippen LogP contribution is -2.14. The molecule has 0 saturated carbocycles. The van der Waals surface area contributed by atoms with E-state index in [2.05, 4.69) is 25.2 Å². The lowest BCUT2D eigenvalue weighted by atomic mass is 10.1. The van der Waals surface area contributed by atoms with E-state index in [0.29, 0.717) is 6.54 Å². The van der Waals surface area contributed by atoms with Crippen LogP contribution < -0.4 is 5.32 Å². The molecule has 0 unspecified atom stereocenters. The Bertz CT molecular complexity index is 585. The van der Waals surface area contributed by atoms with E-state index in [1.54, 1.807) is 0 Å². The zero-order valence-corrected chi connectivity index (χ0v) is 11.7. The number of Topliss-reactive ketones (excluding diaryl/α,β-unsaturated/α-hetero) is 1. The number of anilines is 1. The van der Waals surface area contributed by atoms with Crippen LogP contribution in [0.15, 0.2) is 42.5 Å². The van der Waals surface area contributed by atoms with Crippen LogP contribution >= 0.6 is 0 Å². The summed E-state index contributed by atoms with van der Waals surface area (Å²) in [6.45, 7) is 6.48. The van der Waals surface area contributed by atoms with Gasteiger partial charge in [0.05, 0.1) is 6.54 Å². The molecular weight excluding hydrogens is 234 g/mol. The maximum absolute atomic E-state index is 12.1. The predicted molar refractivity (Wildman–Crippen MR) is 79.9 cm³/mol. The summed E-state index contributed by atoms with van der Waals surface area (Å²) < 4.78 is 0. The van der Waals surface area contributed by atoms with Crippen molar-refractivity contribution in [2.45, 2.75) is 20.8 Å². The lowest BCUT2D eigenvalue weighted by Gasteiger charge is -2.11. The van der Waals surface area contributed by atoms with E-state index < -0.39 is 0 Å². The fourth-order valence-corrected chi connectivity index (χ4v) is 1.96. The Hall–Kier alpha value is -2.09. The van der Waals surface area contributed by atoms with Crippen molar-refractivity contribution < 1.29 is 4.79 Å². The van der Waals surface area contributed by atoms with Crippen molar-refractivity contribution in [3.63, 3.8) is 0 Å². The zero-order chi connectivity index (χ0) is 13.8. The molecule has 19 heavy (non-hydrogen) atoms. The fourth-order valence-electron chi connectivity index (χ4n) is 1.96. The van der Waals surface area contributed by atoms with Crippen molar-refractivity contribution in [3.05, 3.63) is 64.7 Å². The van der Waals surface area contributed by atoms with Crippen LogP contribution in [-0.4, -0.2) is 12.3 Å². The molecule has 98 valence electrons. The summed E-state index contributed by atoms with van der Waals surface area (Å²) >= 11 is 0. The first-order valence-electron chi connectivity index (χ1n) is 6.48. The number of hydrogen-bond donors (Lipinski definition) is 1. The molecule has 0 saturated heterocycles. The van der Waals surface area contributed by atoms with Crippen LogP contribution in [0.25, 0.3) is 0 Å². The highest BCUT2D eigenvalue weighted by molar-refractivity contribution is 5.99. The van der Waals surface area contributed by atoms with Gasteiger partial charge in [0.1, 0.15) is 0 Å². The number of carbonyl (C=O) groups excluding carboxylic acids is 1. The van der Waals surface area contributed by atoms with Crippen LogP contribution in [0.4, 0.5) is 5.69 Å². The summed E-state index contributed by atoms with van der Waals surface area (Å²) in [6, 6.07) is 13.8. The van der Waals surface area contributed by atoms with E-state index in [9.17, 15) is 4.79 Å². The monoisotopic (exact) mass is 253 g/mol. The summed E-state index contributed by atoms with van der Waals surface area (Å²) in [7, 11) is 0. The summed E-state index contributed by atoms with van der Waals surface area (Å²) in [4.78, 5) is 12.1. The van der Waals surface area contributed by atoms with E-state index in [0.717, 1.165) is 11.3 Å². The molecular formula is C17H19NO. The number of ketones is 1. The quantitative estimate of drug-likeness (QED) is 0.837. The second-order valence-corrected chi connectivity index (χ2v) is 4.89. The molecule has 1 N–H and O–H groups in total. The highest BCUT2D eigenvalue weighted by atomic mass is 16.1. The molecule has 0 radical (unpaired) electrons. The third-order valence-corrected chi connectivity index (χ3v) is 3.42. The molecule has 2 aromatic rings. The maximum atomic E-state index is 12.1. The first-order valence-corrected chi connectivity index (χ1v) is 6.48. The van der Waals surface area contributed by atoms with E-state index >= 15 is 0 Å². The first kappa shape index (κ1) is 13.3. The van der Waals surface area contributed by atoms with E-state index in [-0.39, 0.29) is 5.78 Å². The Labute approximate surface area is 114 Å². The van der Waals surface area contributed by atoms with Crippen LogP contribution in [0.2, 0.25) is 0 Å². The van der Waals surface area contributed by atoms with Gasteiger partial charge in [0.25, 0.3) is 0 Å². The van der Waals surface area contributed by atoms with Crippen molar-refractivity contribution in [3.8, 4) is 0 Å². The summed E-state index contributed by atoms with van der Waals surface area (Å²) in [5, 5.41) is 3.22. The van der Waals surface area contributed by atoms with Crippen molar-refractivity contribution >= 4 is 11.5 Å². The molecule has 0 atom stereocenters. The largest absolute Gasteiger partial charge is 0.377 e. The molecule has 2 rings (SSSR count). The smallest absolute Gasteiger partial charge is 0.181 e. The van der Waals surface area contributed by atoms with Crippen LogP contribution in [-0.2, 0) is 0 Å². The minimum atomic E-state index is 0.112. The average molecular weight is 253 g/mol. The van der Waals surface area contributed by atoms with Crippen LogP contribution in [0.5, 0.6) is 0 Å². The van der Waals surface area contributed by atoms with Gasteiger partial charge in [0, 0.05) is 11.3 Å². The molecule has 0 fully saturated rings. The lowest BCUT2D eigenvalue weighted by molar-refractivity contribution is 0.101. The van der Waals surface area contributed by atoms with Crippen LogP contribution in [0.1, 0.15) is 27.0 Å². The van der Waals surface area contributed by atoms with Gasteiger partial charge in [-0.1, -0.05) is 42.0 Å². The molecule has 0 aliphatic rings. The normalized spacial score (nSPS) is 10.3. The number of aryl methyl sites for hydroxylation is 2. The molecule has 0 heterocycles. The minimum absolute atomic E-state index is 0.112. The van der Waals surface area contributed by atoms with Crippen LogP contribution in [0, 0.1) is 20.8 Å².